The molecule has 1 atom stereocenters. The molecule has 0 amide bonds. The first-order chi connectivity index (χ1) is 3.29. The van der Waals surface area contributed by atoms with Crippen LogP contribution < -0.4 is 0 Å². The van der Waals surface area contributed by atoms with Crippen molar-refractivity contribution in [3.63, 3.8) is 0 Å². The standard InChI is InChI=1S/C4H6O2S/c1-3-5-2-4(7)6-3/h2-3,7H,1H3. The van der Waals surface area contributed by atoms with E-state index < -0.39 is 0 Å². The number of hydrogen-bond donors (Lipinski definition) is 1. The molecule has 0 aromatic rings. The fourth-order valence-electron chi connectivity index (χ4n) is 0.380. The van der Waals surface area contributed by atoms with Crippen molar-refractivity contribution in [3.05, 3.63) is 11.4 Å². The lowest BCUT2D eigenvalue weighted by molar-refractivity contribution is -0.00822. The Balaban J connectivity index is 2.42. The molecule has 0 N–H and O–H groups in total. The fraction of sp³-hybridized carbons (Fsp3) is 0.500. The molecule has 1 rings (SSSR count). The molecule has 0 bridgehead atoms. The molecule has 0 spiro atoms. The van der Waals surface area contributed by atoms with Crippen molar-refractivity contribution in [2.45, 2.75) is 13.2 Å². The van der Waals surface area contributed by atoms with Gasteiger partial charge >= 0.3 is 0 Å². The summed E-state index contributed by atoms with van der Waals surface area (Å²) in [6.07, 6.45) is 1.33. The second-order valence-corrected chi connectivity index (χ2v) is 1.72. The molecule has 2 nitrogen and oxygen atoms in total. The molecule has 1 aliphatic heterocycles. The van der Waals surface area contributed by atoms with Gasteiger partial charge < -0.3 is 9.47 Å². The molecule has 0 radical (unpaired) electrons. The molecule has 0 aliphatic carbocycles. The van der Waals surface area contributed by atoms with Crippen molar-refractivity contribution in [2.24, 2.45) is 0 Å². The van der Waals surface area contributed by atoms with Crippen LogP contribution in [0.4, 0.5) is 0 Å². The van der Waals surface area contributed by atoms with E-state index >= 15 is 0 Å². The quantitative estimate of drug-likeness (QED) is 0.480. The zero-order valence-corrected chi connectivity index (χ0v) is 4.81. The second kappa shape index (κ2) is 1.66. The van der Waals surface area contributed by atoms with Crippen molar-refractivity contribution in [3.8, 4) is 0 Å². The summed E-state index contributed by atoms with van der Waals surface area (Å²) in [5.41, 5.74) is 0. The Hall–Kier alpha value is -0.310. The average molecular weight is 118 g/mol. The lowest BCUT2D eigenvalue weighted by Crippen LogP contribution is -1.98. The molecule has 1 aliphatic rings. The maximum absolute atomic E-state index is 4.86. The summed E-state index contributed by atoms with van der Waals surface area (Å²) in [6, 6.07) is 0. The van der Waals surface area contributed by atoms with Gasteiger partial charge in [-0.25, -0.2) is 0 Å². The van der Waals surface area contributed by atoms with E-state index in [1.165, 1.54) is 6.26 Å². The third kappa shape index (κ3) is 1.03. The molecule has 0 saturated heterocycles. The predicted octanol–water partition coefficient (Wildman–Crippen LogP) is 1.11. The van der Waals surface area contributed by atoms with Gasteiger partial charge in [-0.15, -0.1) is 12.6 Å². The van der Waals surface area contributed by atoms with E-state index in [0.29, 0.717) is 5.09 Å². The summed E-state index contributed by atoms with van der Waals surface area (Å²) in [4.78, 5) is 0. The molecular formula is C4H6O2S. The second-order valence-electron chi connectivity index (χ2n) is 1.28. The van der Waals surface area contributed by atoms with Crippen LogP contribution in [-0.2, 0) is 9.47 Å². The fourth-order valence-corrected chi connectivity index (χ4v) is 0.589. The molecule has 1 unspecified atom stereocenters. The highest BCUT2D eigenvalue weighted by Gasteiger charge is 2.08. The maximum atomic E-state index is 4.86. The Bertz CT molecular complexity index is 99.9. The third-order valence-corrected chi connectivity index (χ3v) is 0.858. The minimum atomic E-state index is -0.146. The van der Waals surface area contributed by atoms with E-state index in [4.69, 9.17) is 9.47 Å². The summed E-state index contributed by atoms with van der Waals surface area (Å²) >= 11 is 3.87. The van der Waals surface area contributed by atoms with Crippen LogP contribution >= 0.6 is 12.6 Å². The Morgan fingerprint density at radius 3 is 2.71 bits per heavy atom. The van der Waals surface area contributed by atoms with Gasteiger partial charge in [0.2, 0.25) is 6.29 Å². The first-order valence-electron chi connectivity index (χ1n) is 2.00. The van der Waals surface area contributed by atoms with Crippen LogP contribution in [0.3, 0.4) is 0 Å². The monoisotopic (exact) mass is 118 g/mol. The predicted molar refractivity (Wildman–Crippen MR) is 28.7 cm³/mol. The Morgan fingerprint density at radius 1 is 1.86 bits per heavy atom. The highest BCUT2D eigenvalue weighted by atomic mass is 32.1. The van der Waals surface area contributed by atoms with Gasteiger partial charge in [-0.1, -0.05) is 0 Å². The average Bonchev–Trinajstić information content (AvgIpc) is 1.87. The van der Waals surface area contributed by atoms with Crippen LogP contribution in [0.15, 0.2) is 11.4 Å². The molecular weight excluding hydrogens is 112 g/mol. The highest BCUT2D eigenvalue weighted by Crippen LogP contribution is 2.15. The van der Waals surface area contributed by atoms with Gasteiger partial charge in [0.05, 0.1) is 0 Å². The molecule has 3 heteroatoms. The van der Waals surface area contributed by atoms with Crippen molar-refractivity contribution < 1.29 is 9.47 Å². The van der Waals surface area contributed by atoms with E-state index in [1.807, 2.05) is 0 Å². The van der Waals surface area contributed by atoms with Crippen molar-refractivity contribution in [1.82, 2.24) is 0 Å². The van der Waals surface area contributed by atoms with Gasteiger partial charge in [0, 0.05) is 6.92 Å². The zero-order chi connectivity index (χ0) is 5.28. The van der Waals surface area contributed by atoms with E-state index in [2.05, 4.69) is 12.6 Å². The van der Waals surface area contributed by atoms with E-state index in [9.17, 15) is 0 Å². The van der Waals surface area contributed by atoms with Crippen LogP contribution in [0.1, 0.15) is 6.92 Å². The SMILES string of the molecule is CC1OC=C(S)O1. The van der Waals surface area contributed by atoms with Crippen LogP contribution in [0.2, 0.25) is 0 Å². The van der Waals surface area contributed by atoms with Gasteiger partial charge in [-0.2, -0.15) is 0 Å². The number of rotatable bonds is 0. The molecule has 0 fully saturated rings. The number of ether oxygens (including phenoxy) is 2. The maximum Gasteiger partial charge on any atom is 0.238 e. The minimum absolute atomic E-state index is 0.146. The summed E-state index contributed by atoms with van der Waals surface area (Å²) in [7, 11) is 0. The smallest absolute Gasteiger partial charge is 0.238 e. The van der Waals surface area contributed by atoms with Gasteiger partial charge in [0.1, 0.15) is 6.26 Å². The zero-order valence-electron chi connectivity index (χ0n) is 3.92. The summed E-state index contributed by atoms with van der Waals surface area (Å²) in [5, 5.41) is 0.549. The van der Waals surface area contributed by atoms with Gasteiger partial charge in [-0.3, -0.25) is 0 Å². The van der Waals surface area contributed by atoms with Crippen molar-refractivity contribution >= 4 is 12.6 Å². The van der Waals surface area contributed by atoms with Gasteiger partial charge in [-0.05, 0) is 0 Å². The van der Waals surface area contributed by atoms with Crippen LogP contribution in [0.5, 0.6) is 0 Å². The van der Waals surface area contributed by atoms with Crippen LogP contribution in [0.25, 0.3) is 0 Å². The molecule has 0 aromatic carbocycles. The topological polar surface area (TPSA) is 18.5 Å². The summed E-state index contributed by atoms with van der Waals surface area (Å²) in [5.74, 6) is 0. The van der Waals surface area contributed by atoms with Gasteiger partial charge in [0.25, 0.3) is 0 Å². The first-order valence-corrected chi connectivity index (χ1v) is 2.45. The van der Waals surface area contributed by atoms with E-state index in [-0.39, 0.29) is 6.29 Å². The number of hydrogen-bond acceptors (Lipinski definition) is 3. The van der Waals surface area contributed by atoms with E-state index in [0.717, 1.165) is 0 Å². The third-order valence-electron chi connectivity index (χ3n) is 0.647. The molecule has 7 heavy (non-hydrogen) atoms. The molecule has 0 saturated carbocycles. The molecule has 0 aromatic heterocycles. The van der Waals surface area contributed by atoms with Gasteiger partial charge in [0.15, 0.2) is 5.09 Å². The molecule has 40 valence electrons. The lowest BCUT2D eigenvalue weighted by atomic mass is 10.8. The minimum Gasteiger partial charge on any atom is -0.458 e. The van der Waals surface area contributed by atoms with Crippen LogP contribution in [-0.4, -0.2) is 6.29 Å². The Kier molecular flexibility index (Phi) is 1.15. The van der Waals surface area contributed by atoms with E-state index in [1.54, 1.807) is 6.92 Å². The Labute approximate surface area is 47.5 Å². The van der Waals surface area contributed by atoms with Crippen LogP contribution in [0, 0.1) is 0 Å². The van der Waals surface area contributed by atoms with Crippen molar-refractivity contribution in [2.75, 3.05) is 0 Å². The Morgan fingerprint density at radius 2 is 2.57 bits per heavy atom. The normalized spacial score (nSPS) is 28.3. The lowest BCUT2D eigenvalue weighted by Gasteiger charge is -2.00. The molecule has 1 heterocycles. The highest BCUT2D eigenvalue weighted by molar-refractivity contribution is 7.84. The number of thiol groups is 1. The summed E-state index contributed by atoms with van der Waals surface area (Å²) < 4.78 is 9.67. The largest absolute Gasteiger partial charge is 0.458 e. The van der Waals surface area contributed by atoms with Crippen molar-refractivity contribution in [1.29, 1.82) is 0 Å². The first kappa shape index (κ1) is 4.84. The summed E-state index contributed by atoms with van der Waals surface area (Å²) in [6.45, 7) is 1.81.